The summed E-state index contributed by atoms with van der Waals surface area (Å²) in [6, 6.07) is 14.4. The maximum atomic E-state index is 12.6. The van der Waals surface area contributed by atoms with Crippen molar-refractivity contribution in [2.24, 2.45) is 7.05 Å². The Balaban J connectivity index is 1.34. The number of nitrogens with zero attached hydrogens (tertiary/aromatic N) is 3. The first-order chi connectivity index (χ1) is 15.5. The second kappa shape index (κ2) is 9.80. The Bertz CT molecular complexity index is 1250. The van der Waals surface area contributed by atoms with Crippen LogP contribution in [0, 0.1) is 6.92 Å². The number of carbonyl (C=O) groups excluding carboxylic acids is 2. The van der Waals surface area contributed by atoms with Gasteiger partial charge in [0.2, 0.25) is 5.91 Å². The lowest BCUT2D eigenvalue weighted by Gasteiger charge is -2.08. The highest BCUT2D eigenvalue weighted by molar-refractivity contribution is 7.99. The fourth-order valence-corrected chi connectivity index (χ4v) is 4.33. The van der Waals surface area contributed by atoms with Crippen molar-refractivity contribution in [2.45, 2.75) is 12.1 Å². The van der Waals surface area contributed by atoms with Gasteiger partial charge in [0.1, 0.15) is 0 Å². The van der Waals surface area contributed by atoms with Crippen molar-refractivity contribution in [3.05, 3.63) is 76.9 Å². The molecule has 2 N–H and O–H groups in total. The third kappa shape index (κ3) is 5.43. The van der Waals surface area contributed by atoms with Gasteiger partial charge in [0.25, 0.3) is 5.91 Å². The van der Waals surface area contributed by atoms with E-state index >= 15 is 0 Å². The van der Waals surface area contributed by atoms with Crippen LogP contribution in [0.5, 0.6) is 0 Å². The normalized spacial score (nSPS) is 10.7. The van der Waals surface area contributed by atoms with Crippen molar-refractivity contribution >= 4 is 46.3 Å². The molecule has 0 atom stereocenters. The second-order valence-electron chi connectivity index (χ2n) is 7.02. The quantitative estimate of drug-likeness (QED) is 0.383. The molecule has 4 rings (SSSR count). The molecule has 9 heteroatoms. The Morgan fingerprint density at radius 3 is 2.59 bits per heavy atom. The van der Waals surface area contributed by atoms with E-state index in [0.717, 1.165) is 21.4 Å². The van der Waals surface area contributed by atoms with Gasteiger partial charge in [0, 0.05) is 47.3 Å². The molecule has 2 amide bonds. The van der Waals surface area contributed by atoms with Crippen molar-refractivity contribution in [2.75, 3.05) is 16.4 Å². The van der Waals surface area contributed by atoms with Crippen LogP contribution in [0.2, 0.25) is 0 Å². The number of carbonyl (C=O) groups is 2. The van der Waals surface area contributed by atoms with E-state index in [2.05, 4.69) is 20.6 Å². The minimum Gasteiger partial charge on any atom is -0.329 e. The van der Waals surface area contributed by atoms with E-state index in [9.17, 15) is 9.59 Å². The number of aryl methyl sites for hydroxylation is 2. The van der Waals surface area contributed by atoms with E-state index < -0.39 is 0 Å². The van der Waals surface area contributed by atoms with Crippen LogP contribution in [0.1, 0.15) is 15.4 Å². The first-order valence-corrected chi connectivity index (χ1v) is 11.7. The van der Waals surface area contributed by atoms with E-state index in [1.54, 1.807) is 41.8 Å². The molecule has 0 saturated heterocycles. The molecule has 0 unspecified atom stereocenters. The summed E-state index contributed by atoms with van der Waals surface area (Å²) < 4.78 is 1.86. The average molecular weight is 464 g/mol. The van der Waals surface area contributed by atoms with Crippen molar-refractivity contribution in [3.8, 4) is 11.3 Å². The molecule has 0 saturated carbocycles. The number of nitrogens with one attached hydrogen (secondary N) is 2. The van der Waals surface area contributed by atoms with E-state index in [1.807, 2.05) is 54.4 Å². The maximum absolute atomic E-state index is 12.6. The molecule has 0 radical (unpaired) electrons. The van der Waals surface area contributed by atoms with Gasteiger partial charge in [0.15, 0.2) is 5.16 Å². The minimum atomic E-state index is -0.222. The zero-order chi connectivity index (χ0) is 22.5. The SMILES string of the molecule is Cc1nc(-c2cccc(NC(=O)c3ccc(NC(=O)CSc4nccn4C)cc3)c2)cs1. The van der Waals surface area contributed by atoms with E-state index in [1.165, 1.54) is 11.8 Å². The van der Waals surface area contributed by atoms with Crippen LogP contribution < -0.4 is 10.6 Å². The van der Waals surface area contributed by atoms with Crippen LogP contribution in [0.25, 0.3) is 11.3 Å². The highest BCUT2D eigenvalue weighted by Crippen LogP contribution is 2.24. The van der Waals surface area contributed by atoms with Crippen LogP contribution in [-0.2, 0) is 11.8 Å². The first-order valence-electron chi connectivity index (χ1n) is 9.82. The zero-order valence-corrected chi connectivity index (χ0v) is 19.2. The number of thiazole rings is 1. The fourth-order valence-electron chi connectivity index (χ4n) is 2.98. The van der Waals surface area contributed by atoms with Gasteiger partial charge in [-0.1, -0.05) is 23.9 Å². The highest BCUT2D eigenvalue weighted by Gasteiger charge is 2.10. The van der Waals surface area contributed by atoms with Gasteiger partial charge in [-0.05, 0) is 43.3 Å². The van der Waals surface area contributed by atoms with Gasteiger partial charge in [-0.2, -0.15) is 0 Å². The van der Waals surface area contributed by atoms with Crippen LogP contribution in [0.15, 0.2) is 71.5 Å². The van der Waals surface area contributed by atoms with Gasteiger partial charge < -0.3 is 15.2 Å². The lowest BCUT2D eigenvalue weighted by Crippen LogP contribution is -2.15. The molecule has 0 fully saturated rings. The lowest BCUT2D eigenvalue weighted by atomic mass is 10.1. The smallest absolute Gasteiger partial charge is 0.255 e. The summed E-state index contributed by atoms with van der Waals surface area (Å²) in [5, 5.41) is 9.52. The molecule has 2 aromatic carbocycles. The van der Waals surface area contributed by atoms with Gasteiger partial charge >= 0.3 is 0 Å². The summed E-state index contributed by atoms with van der Waals surface area (Å²) in [6.45, 7) is 1.96. The number of imidazole rings is 1. The molecule has 0 aliphatic carbocycles. The second-order valence-corrected chi connectivity index (χ2v) is 9.03. The molecule has 4 aromatic rings. The predicted octanol–water partition coefficient (Wildman–Crippen LogP) is 4.84. The van der Waals surface area contributed by atoms with Gasteiger partial charge in [-0.3, -0.25) is 9.59 Å². The van der Waals surface area contributed by atoms with E-state index in [-0.39, 0.29) is 17.6 Å². The number of benzene rings is 2. The summed E-state index contributed by atoms with van der Waals surface area (Å²) in [6.07, 6.45) is 3.53. The standard InChI is InChI=1S/C23H21N5O2S2/c1-15-25-20(13-31-15)17-4-3-5-19(12-17)27-22(30)16-6-8-18(9-7-16)26-21(29)14-32-23-24-10-11-28(23)2/h3-13H,14H2,1-2H3,(H,26,29)(H,27,30). The third-order valence-electron chi connectivity index (χ3n) is 4.58. The van der Waals surface area contributed by atoms with Crippen molar-refractivity contribution in [1.29, 1.82) is 0 Å². The number of amides is 2. The molecule has 2 heterocycles. The Labute approximate surface area is 193 Å². The molecule has 32 heavy (non-hydrogen) atoms. The number of thioether (sulfide) groups is 1. The summed E-state index contributed by atoms with van der Waals surface area (Å²) >= 11 is 2.95. The van der Waals surface area contributed by atoms with Crippen molar-refractivity contribution in [1.82, 2.24) is 14.5 Å². The Hall–Kier alpha value is -3.43. The lowest BCUT2D eigenvalue weighted by molar-refractivity contribution is -0.113. The molecule has 7 nitrogen and oxygen atoms in total. The average Bonchev–Trinajstić information content (AvgIpc) is 3.41. The molecule has 2 aromatic heterocycles. The molecule has 0 aliphatic heterocycles. The van der Waals surface area contributed by atoms with Crippen LogP contribution in [-0.4, -0.2) is 32.1 Å². The van der Waals surface area contributed by atoms with Crippen molar-refractivity contribution in [3.63, 3.8) is 0 Å². The maximum Gasteiger partial charge on any atom is 0.255 e. The largest absolute Gasteiger partial charge is 0.329 e. The third-order valence-corrected chi connectivity index (χ3v) is 6.41. The van der Waals surface area contributed by atoms with Gasteiger partial charge in [-0.25, -0.2) is 9.97 Å². The fraction of sp³-hybridized carbons (Fsp3) is 0.130. The molecular weight excluding hydrogens is 442 g/mol. The summed E-state index contributed by atoms with van der Waals surface area (Å²) in [7, 11) is 1.88. The van der Waals surface area contributed by atoms with Crippen LogP contribution in [0.3, 0.4) is 0 Å². The summed E-state index contributed by atoms with van der Waals surface area (Å²) in [4.78, 5) is 33.5. The molecule has 0 bridgehead atoms. The minimum absolute atomic E-state index is 0.135. The number of hydrogen-bond acceptors (Lipinski definition) is 6. The predicted molar refractivity (Wildman–Crippen MR) is 129 cm³/mol. The van der Waals surface area contributed by atoms with Crippen molar-refractivity contribution < 1.29 is 9.59 Å². The van der Waals surface area contributed by atoms with Crippen LogP contribution >= 0.6 is 23.1 Å². The number of hydrogen-bond donors (Lipinski definition) is 2. The van der Waals surface area contributed by atoms with E-state index in [4.69, 9.17) is 0 Å². The zero-order valence-electron chi connectivity index (χ0n) is 17.5. The van der Waals surface area contributed by atoms with Gasteiger partial charge in [-0.15, -0.1) is 11.3 Å². The Morgan fingerprint density at radius 1 is 1.09 bits per heavy atom. The van der Waals surface area contributed by atoms with Crippen LogP contribution in [0.4, 0.5) is 11.4 Å². The Kier molecular flexibility index (Phi) is 6.67. The number of anilines is 2. The highest BCUT2D eigenvalue weighted by atomic mass is 32.2. The summed E-state index contributed by atoms with van der Waals surface area (Å²) in [5.74, 6) is -0.105. The molecular formula is C23H21N5O2S2. The number of aromatic nitrogens is 3. The summed E-state index contributed by atoms with van der Waals surface area (Å²) in [5.41, 5.74) is 3.67. The van der Waals surface area contributed by atoms with Gasteiger partial charge in [0.05, 0.1) is 16.5 Å². The topological polar surface area (TPSA) is 88.9 Å². The molecule has 0 spiro atoms. The first kappa shape index (κ1) is 21.8. The van der Waals surface area contributed by atoms with E-state index in [0.29, 0.717) is 16.9 Å². The Morgan fingerprint density at radius 2 is 1.91 bits per heavy atom. The number of rotatable bonds is 7. The molecule has 0 aliphatic rings. The monoisotopic (exact) mass is 463 g/mol. The molecule has 162 valence electrons.